The van der Waals surface area contributed by atoms with E-state index in [4.69, 9.17) is 4.42 Å². The van der Waals surface area contributed by atoms with Crippen LogP contribution in [0.3, 0.4) is 0 Å². The van der Waals surface area contributed by atoms with Crippen molar-refractivity contribution in [3.05, 3.63) is 53.5 Å². The first kappa shape index (κ1) is 19.4. The normalized spacial score (nSPS) is 16.4. The lowest BCUT2D eigenvalue weighted by Crippen LogP contribution is -2.48. The highest BCUT2D eigenvalue weighted by Crippen LogP contribution is 2.28. The first-order valence-corrected chi connectivity index (χ1v) is 12.0. The maximum Gasteiger partial charge on any atom is 0.245 e. The third kappa shape index (κ3) is 3.45. The number of rotatable bonds is 5. The second-order valence-corrected chi connectivity index (χ2v) is 10.1. The number of aromatic amines is 1. The first-order valence-electron chi connectivity index (χ1n) is 9.67. The van der Waals surface area contributed by atoms with Crippen molar-refractivity contribution in [2.45, 2.75) is 18.4 Å². The summed E-state index contributed by atoms with van der Waals surface area (Å²) in [4.78, 5) is 15.3. The summed E-state index contributed by atoms with van der Waals surface area (Å²) in [6, 6.07) is 7.49. The number of sulfonamides is 1. The van der Waals surface area contributed by atoms with Crippen LogP contribution in [-0.2, 0) is 16.6 Å². The second-order valence-electron chi connectivity index (χ2n) is 7.23. The summed E-state index contributed by atoms with van der Waals surface area (Å²) in [5.41, 5.74) is 1.48. The average molecular weight is 444 g/mol. The molecule has 1 N–H and O–H groups in total. The number of hydrogen-bond donors (Lipinski definition) is 1. The molecule has 1 aliphatic heterocycles. The molecular formula is C20H21N5O3S2. The van der Waals surface area contributed by atoms with Crippen molar-refractivity contribution >= 4 is 32.4 Å². The molecule has 4 aromatic heterocycles. The molecule has 0 spiro atoms. The van der Waals surface area contributed by atoms with Crippen molar-refractivity contribution in [1.29, 1.82) is 0 Å². The van der Waals surface area contributed by atoms with Gasteiger partial charge >= 0.3 is 0 Å². The number of thiophene rings is 1. The van der Waals surface area contributed by atoms with E-state index in [1.807, 2.05) is 24.4 Å². The van der Waals surface area contributed by atoms with Crippen molar-refractivity contribution in [3.63, 3.8) is 0 Å². The first-order chi connectivity index (χ1) is 14.5. The zero-order chi connectivity index (χ0) is 20.7. The van der Waals surface area contributed by atoms with Crippen LogP contribution in [0, 0.1) is 6.92 Å². The molecule has 8 nitrogen and oxygen atoms in total. The van der Waals surface area contributed by atoms with E-state index < -0.39 is 10.0 Å². The molecule has 10 heteroatoms. The van der Waals surface area contributed by atoms with Gasteiger partial charge in [0.2, 0.25) is 15.9 Å². The quantitative estimate of drug-likeness (QED) is 0.509. The third-order valence-electron chi connectivity index (χ3n) is 5.36. The smallest absolute Gasteiger partial charge is 0.245 e. The largest absolute Gasteiger partial charge is 0.440 e. The maximum absolute atomic E-state index is 13.1. The predicted octanol–water partition coefficient (Wildman–Crippen LogP) is 3.09. The summed E-state index contributed by atoms with van der Waals surface area (Å²) in [6.07, 6.45) is 3.17. The standard InChI is InChI=1S/C20H21N5O3S2/c1-14-16(23-20(28-14)17-5-3-11-29-17)13-24-7-9-25(10-8-24)30(26,27)18-12-22-19-15(18)4-2-6-21-19/h2-6,11-12H,7-10,13H2,1H3,(H,21,22). The van der Waals surface area contributed by atoms with E-state index in [1.54, 1.807) is 34.0 Å². The van der Waals surface area contributed by atoms with Crippen LogP contribution in [0.1, 0.15) is 11.5 Å². The van der Waals surface area contributed by atoms with Crippen molar-refractivity contribution in [2.75, 3.05) is 26.2 Å². The zero-order valence-corrected chi connectivity index (χ0v) is 18.0. The molecule has 0 atom stereocenters. The van der Waals surface area contributed by atoms with Crippen LogP contribution in [0.2, 0.25) is 0 Å². The molecule has 0 amide bonds. The molecule has 0 bridgehead atoms. The Hall–Kier alpha value is -2.53. The van der Waals surface area contributed by atoms with E-state index in [0.717, 1.165) is 16.3 Å². The number of nitrogens with zero attached hydrogens (tertiary/aromatic N) is 4. The van der Waals surface area contributed by atoms with E-state index >= 15 is 0 Å². The lowest BCUT2D eigenvalue weighted by Gasteiger charge is -2.33. The van der Waals surface area contributed by atoms with Crippen molar-refractivity contribution < 1.29 is 12.8 Å². The van der Waals surface area contributed by atoms with Gasteiger partial charge in [-0.25, -0.2) is 18.4 Å². The highest BCUT2D eigenvalue weighted by Gasteiger charge is 2.31. The van der Waals surface area contributed by atoms with Gasteiger partial charge in [0.15, 0.2) is 0 Å². The molecule has 5 heterocycles. The van der Waals surface area contributed by atoms with E-state index in [2.05, 4.69) is 19.9 Å². The van der Waals surface area contributed by atoms with Crippen molar-refractivity contribution in [2.24, 2.45) is 0 Å². The summed E-state index contributed by atoms with van der Waals surface area (Å²) in [5, 5.41) is 2.62. The molecule has 4 aromatic rings. The van der Waals surface area contributed by atoms with E-state index in [9.17, 15) is 8.42 Å². The Labute approximate surface area is 178 Å². The molecule has 0 radical (unpaired) electrons. The van der Waals surface area contributed by atoms with Crippen LogP contribution < -0.4 is 0 Å². The van der Waals surface area contributed by atoms with Gasteiger partial charge in [-0.15, -0.1) is 11.3 Å². The molecule has 156 valence electrons. The Morgan fingerprint density at radius 2 is 2.03 bits per heavy atom. The Balaban J connectivity index is 1.28. The molecule has 0 saturated carbocycles. The molecular weight excluding hydrogens is 422 g/mol. The maximum atomic E-state index is 13.1. The number of piperazine rings is 1. The summed E-state index contributed by atoms with van der Waals surface area (Å²) in [6.45, 7) is 4.71. The zero-order valence-electron chi connectivity index (χ0n) is 16.4. The van der Waals surface area contributed by atoms with Crippen LogP contribution in [0.25, 0.3) is 21.8 Å². The SMILES string of the molecule is Cc1oc(-c2cccs2)nc1CN1CCN(S(=O)(=O)c2c[nH]c3ncccc23)CC1. The molecule has 0 aliphatic carbocycles. The summed E-state index contributed by atoms with van der Waals surface area (Å²) >= 11 is 1.60. The Morgan fingerprint density at radius 1 is 1.20 bits per heavy atom. The third-order valence-corrected chi connectivity index (χ3v) is 8.16. The van der Waals surface area contributed by atoms with Crippen LogP contribution >= 0.6 is 11.3 Å². The van der Waals surface area contributed by atoms with Gasteiger partial charge < -0.3 is 9.40 Å². The minimum Gasteiger partial charge on any atom is -0.440 e. The van der Waals surface area contributed by atoms with Crippen LogP contribution in [-0.4, -0.2) is 58.8 Å². The van der Waals surface area contributed by atoms with Crippen LogP contribution in [0.5, 0.6) is 0 Å². The molecule has 5 rings (SSSR count). The van der Waals surface area contributed by atoms with Gasteiger partial charge in [-0.1, -0.05) is 6.07 Å². The molecule has 1 aliphatic rings. The second kappa shape index (κ2) is 7.62. The number of oxazole rings is 1. The number of hydrogen-bond acceptors (Lipinski definition) is 7. The highest BCUT2D eigenvalue weighted by atomic mass is 32.2. The van der Waals surface area contributed by atoms with E-state index in [-0.39, 0.29) is 4.90 Å². The highest BCUT2D eigenvalue weighted by molar-refractivity contribution is 7.89. The average Bonchev–Trinajstić information content (AvgIpc) is 3.49. The molecule has 1 fully saturated rings. The summed E-state index contributed by atoms with van der Waals surface area (Å²) in [5.74, 6) is 1.45. The fraction of sp³-hybridized carbons (Fsp3) is 0.300. The minimum atomic E-state index is -3.57. The van der Waals surface area contributed by atoms with Gasteiger partial charge in [0.1, 0.15) is 16.3 Å². The summed E-state index contributed by atoms with van der Waals surface area (Å²) in [7, 11) is -3.57. The number of pyridine rings is 1. The number of fused-ring (bicyclic) bond motifs is 1. The van der Waals surface area contributed by atoms with Gasteiger partial charge in [-0.2, -0.15) is 4.31 Å². The number of nitrogens with one attached hydrogen (secondary N) is 1. The van der Waals surface area contributed by atoms with Gasteiger partial charge in [0.25, 0.3) is 0 Å². The Kier molecular flexibility index (Phi) is 4.94. The summed E-state index contributed by atoms with van der Waals surface area (Å²) < 4.78 is 33.7. The molecule has 1 saturated heterocycles. The topological polar surface area (TPSA) is 95.3 Å². The van der Waals surface area contributed by atoms with Crippen LogP contribution in [0.15, 0.2) is 51.4 Å². The fourth-order valence-corrected chi connectivity index (χ4v) is 5.93. The lowest BCUT2D eigenvalue weighted by atomic mass is 10.3. The monoisotopic (exact) mass is 443 g/mol. The van der Waals surface area contributed by atoms with Crippen molar-refractivity contribution in [3.8, 4) is 10.8 Å². The Bertz CT molecular complexity index is 1270. The molecule has 0 unspecified atom stereocenters. The van der Waals surface area contributed by atoms with E-state index in [0.29, 0.717) is 49.6 Å². The number of aromatic nitrogens is 3. The van der Waals surface area contributed by atoms with Gasteiger partial charge in [-0.3, -0.25) is 4.90 Å². The molecule has 30 heavy (non-hydrogen) atoms. The fourth-order valence-electron chi connectivity index (χ4n) is 3.70. The van der Waals surface area contributed by atoms with Gasteiger partial charge in [0.05, 0.1) is 10.6 Å². The van der Waals surface area contributed by atoms with Gasteiger partial charge in [0, 0.05) is 50.5 Å². The minimum absolute atomic E-state index is 0.284. The predicted molar refractivity (Wildman–Crippen MR) is 115 cm³/mol. The number of H-pyrrole nitrogens is 1. The van der Waals surface area contributed by atoms with Gasteiger partial charge in [-0.05, 0) is 30.5 Å². The molecule has 0 aromatic carbocycles. The van der Waals surface area contributed by atoms with E-state index in [1.165, 1.54) is 6.20 Å². The van der Waals surface area contributed by atoms with Crippen LogP contribution in [0.4, 0.5) is 0 Å². The number of aryl methyl sites for hydroxylation is 1. The van der Waals surface area contributed by atoms with Crippen molar-refractivity contribution in [1.82, 2.24) is 24.2 Å². The lowest BCUT2D eigenvalue weighted by molar-refractivity contribution is 0.179. The Morgan fingerprint density at radius 3 is 2.80 bits per heavy atom.